The van der Waals surface area contributed by atoms with Crippen LogP contribution in [0, 0.1) is 0 Å². The lowest BCUT2D eigenvalue weighted by Gasteiger charge is -2.17. The molecule has 112 valence electrons. The molecule has 0 aliphatic carbocycles. The second-order valence-electron chi connectivity index (χ2n) is 4.22. The monoisotopic (exact) mass is 340 g/mol. The highest BCUT2D eigenvalue weighted by Gasteiger charge is 2.37. The second kappa shape index (κ2) is 5.81. The Kier molecular flexibility index (Phi) is 4.44. The van der Waals surface area contributed by atoms with Crippen molar-refractivity contribution in [2.45, 2.75) is 12.6 Å². The standard InChI is InChI=1S/C14H7Cl2F5/c15-8-4-7(5-9(16)6-8)10-2-1-3-11(14(19,20)21)12(10)13(17)18/h1-6,13H. The van der Waals surface area contributed by atoms with Crippen molar-refractivity contribution < 1.29 is 22.0 Å². The molecule has 0 aliphatic heterocycles. The topological polar surface area (TPSA) is 0 Å². The minimum Gasteiger partial charge on any atom is -0.205 e. The molecule has 0 amide bonds. The fraction of sp³-hybridized carbons (Fsp3) is 0.143. The third kappa shape index (κ3) is 3.47. The molecule has 0 atom stereocenters. The largest absolute Gasteiger partial charge is 0.416 e. The number of hydrogen-bond donors (Lipinski definition) is 0. The molecule has 0 saturated carbocycles. The van der Waals surface area contributed by atoms with E-state index in [0.717, 1.165) is 6.07 Å². The van der Waals surface area contributed by atoms with Crippen molar-refractivity contribution in [2.75, 3.05) is 0 Å². The molecule has 0 heterocycles. The normalized spacial score (nSPS) is 12.0. The predicted molar refractivity (Wildman–Crippen MR) is 71.9 cm³/mol. The maximum atomic E-state index is 13.1. The molecule has 0 spiro atoms. The molecule has 7 heteroatoms. The zero-order valence-electron chi connectivity index (χ0n) is 10.2. The summed E-state index contributed by atoms with van der Waals surface area (Å²) in [5.74, 6) is 0. The summed E-state index contributed by atoms with van der Waals surface area (Å²) in [4.78, 5) is 0. The van der Waals surface area contributed by atoms with Gasteiger partial charge in [0.05, 0.1) is 5.56 Å². The molecular weight excluding hydrogens is 334 g/mol. The Balaban J connectivity index is 2.74. The molecule has 2 aromatic carbocycles. The summed E-state index contributed by atoms with van der Waals surface area (Å²) in [7, 11) is 0. The maximum absolute atomic E-state index is 13.1. The molecule has 0 unspecified atom stereocenters. The molecule has 21 heavy (non-hydrogen) atoms. The van der Waals surface area contributed by atoms with Crippen LogP contribution in [0.5, 0.6) is 0 Å². The van der Waals surface area contributed by atoms with Gasteiger partial charge in [0.15, 0.2) is 0 Å². The molecule has 0 nitrogen and oxygen atoms in total. The fourth-order valence-electron chi connectivity index (χ4n) is 2.01. The first-order chi connectivity index (χ1) is 9.70. The van der Waals surface area contributed by atoms with E-state index < -0.39 is 23.7 Å². The van der Waals surface area contributed by atoms with E-state index in [9.17, 15) is 22.0 Å². The third-order valence-electron chi connectivity index (χ3n) is 2.80. The van der Waals surface area contributed by atoms with Crippen LogP contribution in [0.25, 0.3) is 11.1 Å². The van der Waals surface area contributed by atoms with Crippen molar-refractivity contribution in [3.8, 4) is 11.1 Å². The Hall–Kier alpha value is -1.33. The van der Waals surface area contributed by atoms with Crippen LogP contribution >= 0.6 is 23.2 Å². The van der Waals surface area contributed by atoms with Crippen LogP contribution in [0.15, 0.2) is 36.4 Å². The summed E-state index contributed by atoms with van der Waals surface area (Å²) in [5, 5.41) is 0.297. The molecule has 0 bridgehead atoms. The lowest BCUT2D eigenvalue weighted by Crippen LogP contribution is -2.10. The Morgan fingerprint density at radius 1 is 0.905 bits per heavy atom. The van der Waals surface area contributed by atoms with Gasteiger partial charge in [-0.05, 0) is 35.4 Å². The smallest absolute Gasteiger partial charge is 0.205 e. The number of rotatable bonds is 2. The van der Waals surface area contributed by atoms with E-state index in [0.29, 0.717) is 6.07 Å². The van der Waals surface area contributed by atoms with Crippen molar-refractivity contribution in [1.29, 1.82) is 0 Å². The highest BCUT2D eigenvalue weighted by molar-refractivity contribution is 6.35. The molecule has 0 N–H and O–H groups in total. The molecule has 2 rings (SSSR count). The number of alkyl halides is 5. The van der Waals surface area contributed by atoms with Gasteiger partial charge in [-0.3, -0.25) is 0 Å². The van der Waals surface area contributed by atoms with Gasteiger partial charge in [-0.2, -0.15) is 13.2 Å². The zero-order chi connectivity index (χ0) is 15.8. The Morgan fingerprint density at radius 2 is 1.48 bits per heavy atom. The van der Waals surface area contributed by atoms with Crippen molar-refractivity contribution in [3.05, 3.63) is 57.6 Å². The van der Waals surface area contributed by atoms with Gasteiger partial charge in [0.25, 0.3) is 6.43 Å². The van der Waals surface area contributed by atoms with Crippen molar-refractivity contribution >= 4 is 23.2 Å². The van der Waals surface area contributed by atoms with E-state index in [1.165, 1.54) is 24.3 Å². The summed E-state index contributed by atoms with van der Waals surface area (Å²) in [5.41, 5.74) is -2.59. The van der Waals surface area contributed by atoms with Gasteiger partial charge in [0.1, 0.15) is 0 Å². The minimum absolute atomic E-state index is 0.105. The molecule has 0 saturated heterocycles. The van der Waals surface area contributed by atoms with Gasteiger partial charge in [0, 0.05) is 15.6 Å². The molecule has 2 aromatic rings. The maximum Gasteiger partial charge on any atom is 0.416 e. The first-order valence-corrected chi connectivity index (χ1v) is 6.40. The minimum atomic E-state index is -4.87. The van der Waals surface area contributed by atoms with Crippen LogP contribution in [-0.4, -0.2) is 0 Å². The van der Waals surface area contributed by atoms with E-state index >= 15 is 0 Å². The van der Waals surface area contributed by atoms with Crippen LogP contribution in [0.3, 0.4) is 0 Å². The third-order valence-corrected chi connectivity index (χ3v) is 3.24. The SMILES string of the molecule is FC(F)c1c(-c2cc(Cl)cc(Cl)c2)cccc1C(F)(F)F. The molecule has 0 aromatic heterocycles. The Morgan fingerprint density at radius 3 is 1.95 bits per heavy atom. The lowest BCUT2D eigenvalue weighted by molar-refractivity contribution is -0.139. The van der Waals surface area contributed by atoms with Crippen LogP contribution in [0.4, 0.5) is 22.0 Å². The molecule has 0 radical (unpaired) electrons. The van der Waals surface area contributed by atoms with E-state index in [1.54, 1.807) is 0 Å². The number of hydrogen-bond acceptors (Lipinski definition) is 0. The van der Waals surface area contributed by atoms with Gasteiger partial charge in [-0.1, -0.05) is 35.3 Å². The van der Waals surface area contributed by atoms with E-state index in [2.05, 4.69) is 0 Å². The fourth-order valence-corrected chi connectivity index (χ4v) is 2.53. The molecular formula is C14H7Cl2F5. The quantitative estimate of drug-likeness (QED) is 0.539. The summed E-state index contributed by atoms with van der Waals surface area (Å²) in [6.07, 6.45) is -8.15. The van der Waals surface area contributed by atoms with Crippen molar-refractivity contribution in [2.24, 2.45) is 0 Å². The molecule has 0 aliphatic rings. The Bertz CT molecular complexity index is 645. The number of benzene rings is 2. The van der Waals surface area contributed by atoms with Crippen molar-refractivity contribution in [3.63, 3.8) is 0 Å². The molecule has 0 fully saturated rings. The first kappa shape index (κ1) is 16.0. The summed E-state index contributed by atoms with van der Waals surface area (Å²) in [6.45, 7) is 0. The zero-order valence-corrected chi connectivity index (χ0v) is 11.7. The summed E-state index contributed by atoms with van der Waals surface area (Å²) >= 11 is 11.5. The summed E-state index contributed by atoms with van der Waals surface area (Å²) < 4.78 is 64.9. The van der Waals surface area contributed by atoms with E-state index in [1.807, 2.05) is 0 Å². The number of halogens is 7. The van der Waals surface area contributed by atoms with Crippen LogP contribution in [-0.2, 0) is 6.18 Å². The van der Waals surface area contributed by atoms with Gasteiger partial charge in [-0.15, -0.1) is 0 Å². The van der Waals surface area contributed by atoms with Crippen LogP contribution in [0.2, 0.25) is 10.0 Å². The van der Waals surface area contributed by atoms with Gasteiger partial charge < -0.3 is 0 Å². The average Bonchev–Trinajstić information content (AvgIpc) is 2.35. The van der Waals surface area contributed by atoms with E-state index in [4.69, 9.17) is 23.2 Å². The Labute approximate surface area is 127 Å². The first-order valence-electron chi connectivity index (χ1n) is 5.65. The van der Waals surface area contributed by atoms with Crippen molar-refractivity contribution in [1.82, 2.24) is 0 Å². The average molecular weight is 341 g/mol. The van der Waals surface area contributed by atoms with Crippen LogP contribution < -0.4 is 0 Å². The summed E-state index contributed by atoms with van der Waals surface area (Å²) in [6, 6.07) is 6.81. The van der Waals surface area contributed by atoms with Gasteiger partial charge in [-0.25, -0.2) is 8.78 Å². The lowest BCUT2D eigenvalue weighted by atomic mass is 9.95. The van der Waals surface area contributed by atoms with Crippen LogP contribution in [0.1, 0.15) is 17.6 Å². The van der Waals surface area contributed by atoms with Gasteiger partial charge in [0.2, 0.25) is 0 Å². The highest BCUT2D eigenvalue weighted by atomic mass is 35.5. The van der Waals surface area contributed by atoms with Gasteiger partial charge >= 0.3 is 6.18 Å². The van der Waals surface area contributed by atoms with E-state index in [-0.39, 0.29) is 21.2 Å². The second-order valence-corrected chi connectivity index (χ2v) is 5.10. The highest BCUT2D eigenvalue weighted by Crippen LogP contribution is 2.42. The predicted octanol–water partition coefficient (Wildman–Crippen LogP) is 6.62.